The Morgan fingerprint density at radius 2 is 1.72 bits per heavy atom. The summed E-state index contributed by atoms with van der Waals surface area (Å²) in [6.45, 7) is 3.61. The molecule has 2 aromatic carbocycles. The van der Waals surface area contributed by atoms with E-state index in [1.165, 1.54) is 56.6 Å². The summed E-state index contributed by atoms with van der Waals surface area (Å²) < 4.78 is 5.42. The molecule has 2 bridgehead atoms. The number of anilines is 1. The minimum atomic E-state index is 0.655. The average molecular weight is 336 g/mol. The monoisotopic (exact) mass is 336 g/mol. The van der Waals surface area contributed by atoms with E-state index in [0.717, 1.165) is 5.75 Å². The molecule has 0 aromatic heterocycles. The number of likely N-dealkylation sites (tertiary alicyclic amines) is 1. The maximum atomic E-state index is 5.42. The summed E-state index contributed by atoms with van der Waals surface area (Å²) in [5.41, 5.74) is 2.79. The first-order valence-corrected chi connectivity index (χ1v) is 9.52. The van der Waals surface area contributed by atoms with Crippen LogP contribution in [0.1, 0.15) is 24.8 Å². The summed E-state index contributed by atoms with van der Waals surface area (Å²) in [4.78, 5) is 5.33. The summed E-state index contributed by atoms with van der Waals surface area (Å²) in [6, 6.07) is 20.7. The highest BCUT2D eigenvalue weighted by molar-refractivity contribution is 5.54. The lowest BCUT2D eigenvalue weighted by atomic mass is 10.1. The van der Waals surface area contributed by atoms with Crippen LogP contribution < -0.4 is 9.64 Å². The van der Waals surface area contributed by atoms with Crippen LogP contribution in [0.25, 0.3) is 0 Å². The number of ether oxygens (including phenoxy) is 1. The van der Waals surface area contributed by atoms with Crippen LogP contribution in [-0.4, -0.2) is 43.7 Å². The Bertz CT molecular complexity index is 673. The molecule has 2 heterocycles. The molecule has 0 N–H and O–H groups in total. The van der Waals surface area contributed by atoms with E-state index in [9.17, 15) is 0 Å². The first-order valence-electron chi connectivity index (χ1n) is 9.52. The van der Waals surface area contributed by atoms with E-state index >= 15 is 0 Å². The average Bonchev–Trinajstić information content (AvgIpc) is 2.93. The lowest BCUT2D eigenvalue weighted by molar-refractivity contribution is 0.217. The Labute approximate surface area is 151 Å². The number of nitrogens with zero attached hydrogens (tertiary/aromatic N) is 2. The zero-order valence-electron chi connectivity index (χ0n) is 15.1. The maximum absolute atomic E-state index is 5.42. The third-order valence-electron chi connectivity index (χ3n) is 5.69. The van der Waals surface area contributed by atoms with Gasteiger partial charge in [0.25, 0.3) is 0 Å². The largest absolute Gasteiger partial charge is 0.497 e. The molecule has 0 spiro atoms. The molecule has 2 atom stereocenters. The molecule has 2 aliphatic heterocycles. The van der Waals surface area contributed by atoms with Gasteiger partial charge in [0.2, 0.25) is 0 Å². The summed E-state index contributed by atoms with van der Waals surface area (Å²) in [5, 5.41) is 0. The highest BCUT2D eigenvalue weighted by Gasteiger charge is 2.39. The standard InChI is InChI=1S/C22H28N2O/c1-25-22-11-5-10-19(15-22)24-20-12-13-21(24)17-23(16-20)14-6-9-18-7-3-2-4-8-18/h2-5,7-8,10-11,15,20-21H,6,9,12-14,16-17H2,1H3. The van der Waals surface area contributed by atoms with Gasteiger partial charge in [0, 0.05) is 36.9 Å². The van der Waals surface area contributed by atoms with Crippen LogP contribution in [-0.2, 0) is 6.42 Å². The van der Waals surface area contributed by atoms with Crippen LogP contribution in [0, 0.1) is 0 Å². The van der Waals surface area contributed by atoms with Gasteiger partial charge in [-0.15, -0.1) is 0 Å². The zero-order valence-corrected chi connectivity index (χ0v) is 15.1. The van der Waals surface area contributed by atoms with Crippen molar-refractivity contribution in [2.24, 2.45) is 0 Å². The topological polar surface area (TPSA) is 15.7 Å². The highest BCUT2D eigenvalue weighted by Crippen LogP contribution is 2.36. The van der Waals surface area contributed by atoms with E-state index in [-0.39, 0.29) is 0 Å². The number of rotatable bonds is 6. The molecule has 2 aliphatic rings. The van der Waals surface area contributed by atoms with Crippen molar-refractivity contribution in [1.82, 2.24) is 4.90 Å². The normalized spacial score (nSPS) is 23.0. The van der Waals surface area contributed by atoms with E-state index in [0.29, 0.717) is 12.1 Å². The summed E-state index contributed by atoms with van der Waals surface area (Å²) in [5.74, 6) is 0.960. The van der Waals surface area contributed by atoms with E-state index in [1.807, 2.05) is 6.07 Å². The van der Waals surface area contributed by atoms with Crippen LogP contribution in [0.15, 0.2) is 54.6 Å². The van der Waals surface area contributed by atoms with Crippen molar-refractivity contribution in [2.75, 3.05) is 31.6 Å². The molecular weight excluding hydrogens is 308 g/mol. The number of methoxy groups -OCH3 is 1. The molecule has 25 heavy (non-hydrogen) atoms. The van der Waals surface area contributed by atoms with Gasteiger partial charge >= 0.3 is 0 Å². The minimum absolute atomic E-state index is 0.655. The maximum Gasteiger partial charge on any atom is 0.120 e. The fourth-order valence-electron chi connectivity index (χ4n) is 4.52. The second-order valence-corrected chi connectivity index (χ2v) is 7.34. The second kappa shape index (κ2) is 7.49. The van der Waals surface area contributed by atoms with Gasteiger partial charge in [-0.2, -0.15) is 0 Å². The molecule has 132 valence electrons. The predicted molar refractivity (Wildman–Crippen MR) is 103 cm³/mol. The Kier molecular flexibility index (Phi) is 4.93. The van der Waals surface area contributed by atoms with Crippen molar-refractivity contribution < 1.29 is 4.74 Å². The van der Waals surface area contributed by atoms with Crippen LogP contribution >= 0.6 is 0 Å². The molecule has 3 heteroatoms. The molecule has 0 saturated carbocycles. The van der Waals surface area contributed by atoms with Gasteiger partial charge in [-0.05, 0) is 49.9 Å². The molecule has 0 amide bonds. The Morgan fingerprint density at radius 1 is 0.960 bits per heavy atom. The van der Waals surface area contributed by atoms with Crippen molar-refractivity contribution in [3.63, 3.8) is 0 Å². The Hall–Kier alpha value is -2.00. The van der Waals surface area contributed by atoms with Gasteiger partial charge in [-0.25, -0.2) is 0 Å². The minimum Gasteiger partial charge on any atom is -0.497 e. The number of fused-ring (bicyclic) bond motifs is 2. The predicted octanol–water partition coefficient (Wildman–Crippen LogP) is 3.98. The molecule has 0 aliphatic carbocycles. The quantitative estimate of drug-likeness (QED) is 0.793. The smallest absolute Gasteiger partial charge is 0.120 e. The van der Waals surface area contributed by atoms with Crippen LogP contribution in [0.4, 0.5) is 5.69 Å². The number of hydrogen-bond donors (Lipinski definition) is 0. The van der Waals surface area contributed by atoms with Crippen LogP contribution in [0.2, 0.25) is 0 Å². The Balaban J connectivity index is 1.35. The van der Waals surface area contributed by atoms with Gasteiger partial charge in [0.1, 0.15) is 5.75 Å². The fourth-order valence-corrected chi connectivity index (χ4v) is 4.52. The van der Waals surface area contributed by atoms with Crippen molar-refractivity contribution in [3.8, 4) is 5.75 Å². The SMILES string of the molecule is COc1cccc(N2C3CCC2CN(CCCc2ccccc2)C3)c1. The van der Waals surface area contributed by atoms with Gasteiger partial charge in [0.15, 0.2) is 0 Å². The third kappa shape index (κ3) is 3.67. The number of benzene rings is 2. The first kappa shape index (κ1) is 16.5. The molecule has 2 unspecified atom stereocenters. The molecule has 0 radical (unpaired) electrons. The summed E-state index contributed by atoms with van der Waals surface area (Å²) in [6.07, 6.45) is 5.07. The molecule has 2 fully saturated rings. The molecular formula is C22H28N2O. The highest BCUT2D eigenvalue weighted by atomic mass is 16.5. The van der Waals surface area contributed by atoms with Gasteiger partial charge in [-0.1, -0.05) is 36.4 Å². The number of hydrogen-bond acceptors (Lipinski definition) is 3. The van der Waals surface area contributed by atoms with Gasteiger partial charge < -0.3 is 9.64 Å². The number of piperazine rings is 1. The van der Waals surface area contributed by atoms with Crippen LogP contribution in [0.5, 0.6) is 5.75 Å². The molecule has 2 aromatic rings. The van der Waals surface area contributed by atoms with E-state index in [1.54, 1.807) is 7.11 Å². The van der Waals surface area contributed by atoms with Crippen molar-refractivity contribution in [3.05, 3.63) is 60.2 Å². The summed E-state index contributed by atoms with van der Waals surface area (Å²) in [7, 11) is 1.75. The van der Waals surface area contributed by atoms with Crippen LogP contribution in [0.3, 0.4) is 0 Å². The van der Waals surface area contributed by atoms with Crippen molar-refractivity contribution in [2.45, 2.75) is 37.8 Å². The van der Waals surface area contributed by atoms with Gasteiger partial charge in [0.05, 0.1) is 7.11 Å². The first-order chi connectivity index (χ1) is 12.3. The zero-order chi connectivity index (χ0) is 17.1. The Morgan fingerprint density at radius 3 is 2.44 bits per heavy atom. The molecule has 2 saturated heterocycles. The molecule has 4 rings (SSSR count). The lowest BCUT2D eigenvalue weighted by Crippen LogP contribution is -2.54. The lowest BCUT2D eigenvalue weighted by Gasteiger charge is -2.42. The van der Waals surface area contributed by atoms with E-state index in [2.05, 4.69) is 58.3 Å². The summed E-state index contributed by atoms with van der Waals surface area (Å²) >= 11 is 0. The number of aryl methyl sites for hydroxylation is 1. The van der Waals surface area contributed by atoms with Gasteiger partial charge in [-0.3, -0.25) is 4.90 Å². The fraction of sp³-hybridized carbons (Fsp3) is 0.455. The van der Waals surface area contributed by atoms with Crippen molar-refractivity contribution >= 4 is 5.69 Å². The molecule has 3 nitrogen and oxygen atoms in total. The van der Waals surface area contributed by atoms with E-state index in [4.69, 9.17) is 4.74 Å². The van der Waals surface area contributed by atoms with Crippen molar-refractivity contribution in [1.29, 1.82) is 0 Å². The second-order valence-electron chi connectivity index (χ2n) is 7.34. The van der Waals surface area contributed by atoms with E-state index < -0.39 is 0 Å². The third-order valence-corrected chi connectivity index (χ3v) is 5.69.